The molecule has 2 aliphatic heterocycles. The Balaban J connectivity index is 1.61. The molecule has 0 aliphatic carbocycles. The first-order chi connectivity index (χ1) is 10.8. The van der Waals surface area contributed by atoms with Gasteiger partial charge in [-0.3, -0.25) is 9.69 Å². The number of hydrogen-bond donors (Lipinski definition) is 1. The molecule has 7 heteroatoms. The van der Waals surface area contributed by atoms with Crippen molar-refractivity contribution < 1.29 is 19.1 Å². The number of carbonyl (C=O) groups excluding carboxylic acids is 2. The van der Waals surface area contributed by atoms with E-state index in [0.29, 0.717) is 32.8 Å². The van der Waals surface area contributed by atoms with E-state index >= 15 is 0 Å². The maximum absolute atomic E-state index is 12.0. The Morgan fingerprint density at radius 2 is 1.91 bits per heavy atom. The van der Waals surface area contributed by atoms with Gasteiger partial charge in [-0.25, -0.2) is 4.79 Å². The van der Waals surface area contributed by atoms with Gasteiger partial charge in [-0.15, -0.1) is 0 Å². The summed E-state index contributed by atoms with van der Waals surface area (Å²) >= 11 is 0. The van der Waals surface area contributed by atoms with E-state index in [1.54, 1.807) is 4.90 Å². The SMILES string of the molecule is CC(C)(C)OC(=O)N1CCN(CCNC(=O)C2CCOC2)CC1. The topological polar surface area (TPSA) is 71.1 Å². The summed E-state index contributed by atoms with van der Waals surface area (Å²) in [5, 5.41) is 2.97. The molecule has 0 saturated carbocycles. The highest BCUT2D eigenvalue weighted by molar-refractivity contribution is 5.78. The average molecular weight is 327 g/mol. The smallest absolute Gasteiger partial charge is 0.410 e. The van der Waals surface area contributed by atoms with Gasteiger partial charge in [-0.2, -0.15) is 0 Å². The highest BCUT2D eigenvalue weighted by atomic mass is 16.6. The van der Waals surface area contributed by atoms with Crippen LogP contribution in [-0.4, -0.2) is 79.9 Å². The fraction of sp³-hybridized carbons (Fsp3) is 0.875. The number of ether oxygens (including phenoxy) is 2. The van der Waals surface area contributed by atoms with Crippen LogP contribution in [0.5, 0.6) is 0 Å². The van der Waals surface area contributed by atoms with Gasteiger partial charge in [0.1, 0.15) is 5.60 Å². The molecular formula is C16H29N3O4. The molecule has 1 atom stereocenters. The summed E-state index contributed by atoms with van der Waals surface area (Å²) in [6.45, 7) is 11.2. The molecule has 2 amide bonds. The van der Waals surface area contributed by atoms with Crippen LogP contribution in [-0.2, 0) is 14.3 Å². The Bertz CT molecular complexity index is 408. The first kappa shape index (κ1) is 18.0. The number of piperazine rings is 1. The molecular weight excluding hydrogens is 298 g/mol. The molecule has 2 rings (SSSR count). The van der Waals surface area contributed by atoms with E-state index in [1.807, 2.05) is 20.8 Å². The molecule has 2 heterocycles. The zero-order valence-corrected chi connectivity index (χ0v) is 14.5. The predicted molar refractivity (Wildman–Crippen MR) is 86.2 cm³/mol. The summed E-state index contributed by atoms with van der Waals surface area (Å²) in [6.07, 6.45) is 0.576. The minimum Gasteiger partial charge on any atom is -0.444 e. The quantitative estimate of drug-likeness (QED) is 0.823. The van der Waals surface area contributed by atoms with Crippen molar-refractivity contribution in [1.29, 1.82) is 0 Å². The van der Waals surface area contributed by atoms with Crippen molar-refractivity contribution in [3.05, 3.63) is 0 Å². The lowest BCUT2D eigenvalue weighted by atomic mass is 10.1. The van der Waals surface area contributed by atoms with Gasteiger partial charge < -0.3 is 19.7 Å². The molecule has 1 unspecified atom stereocenters. The van der Waals surface area contributed by atoms with Gasteiger partial charge in [0, 0.05) is 45.9 Å². The van der Waals surface area contributed by atoms with Crippen LogP contribution >= 0.6 is 0 Å². The van der Waals surface area contributed by atoms with Gasteiger partial charge >= 0.3 is 6.09 Å². The van der Waals surface area contributed by atoms with Gasteiger partial charge in [-0.1, -0.05) is 0 Å². The zero-order valence-electron chi connectivity index (χ0n) is 14.5. The van der Waals surface area contributed by atoms with Crippen LogP contribution in [0.2, 0.25) is 0 Å². The van der Waals surface area contributed by atoms with Crippen molar-refractivity contribution >= 4 is 12.0 Å². The van der Waals surface area contributed by atoms with Gasteiger partial charge in [0.2, 0.25) is 5.91 Å². The third kappa shape index (κ3) is 5.99. The third-order valence-electron chi connectivity index (χ3n) is 4.05. The largest absolute Gasteiger partial charge is 0.444 e. The molecule has 2 aliphatic rings. The molecule has 132 valence electrons. The van der Waals surface area contributed by atoms with Crippen LogP contribution < -0.4 is 5.32 Å². The van der Waals surface area contributed by atoms with Gasteiger partial charge in [0.15, 0.2) is 0 Å². The van der Waals surface area contributed by atoms with Crippen molar-refractivity contribution in [3.63, 3.8) is 0 Å². The van der Waals surface area contributed by atoms with E-state index in [1.165, 1.54) is 0 Å². The first-order valence-corrected chi connectivity index (χ1v) is 8.41. The maximum Gasteiger partial charge on any atom is 0.410 e. The summed E-state index contributed by atoms with van der Waals surface area (Å²) in [5.74, 6) is 0.105. The molecule has 0 aromatic rings. The minimum atomic E-state index is -0.456. The third-order valence-corrected chi connectivity index (χ3v) is 4.05. The van der Waals surface area contributed by atoms with Crippen LogP contribution in [0.15, 0.2) is 0 Å². The van der Waals surface area contributed by atoms with Crippen molar-refractivity contribution in [1.82, 2.24) is 15.1 Å². The number of carbonyl (C=O) groups is 2. The van der Waals surface area contributed by atoms with E-state index in [4.69, 9.17) is 9.47 Å². The normalized spacial score (nSPS) is 22.9. The fourth-order valence-corrected chi connectivity index (χ4v) is 2.70. The summed E-state index contributed by atoms with van der Waals surface area (Å²) in [4.78, 5) is 27.9. The van der Waals surface area contributed by atoms with E-state index in [0.717, 1.165) is 26.1 Å². The molecule has 1 N–H and O–H groups in total. The first-order valence-electron chi connectivity index (χ1n) is 8.41. The lowest BCUT2D eigenvalue weighted by Gasteiger charge is -2.35. The Morgan fingerprint density at radius 1 is 1.22 bits per heavy atom. The van der Waals surface area contributed by atoms with Crippen molar-refractivity contribution in [2.24, 2.45) is 5.92 Å². The number of nitrogens with zero attached hydrogens (tertiary/aromatic N) is 2. The Labute approximate surface area is 138 Å². The lowest BCUT2D eigenvalue weighted by Crippen LogP contribution is -2.51. The second-order valence-electron chi connectivity index (χ2n) is 7.16. The predicted octanol–water partition coefficient (Wildman–Crippen LogP) is 0.692. The second-order valence-corrected chi connectivity index (χ2v) is 7.16. The molecule has 0 radical (unpaired) electrons. The summed E-state index contributed by atoms with van der Waals surface area (Å²) < 4.78 is 10.6. The average Bonchev–Trinajstić information content (AvgIpc) is 3.00. The highest BCUT2D eigenvalue weighted by Crippen LogP contribution is 2.13. The van der Waals surface area contributed by atoms with Crippen molar-refractivity contribution in [2.75, 3.05) is 52.5 Å². The molecule has 0 bridgehead atoms. The molecule has 7 nitrogen and oxygen atoms in total. The minimum absolute atomic E-state index is 0.0130. The molecule has 0 aromatic carbocycles. The molecule has 0 aromatic heterocycles. The standard InChI is InChI=1S/C16H29N3O4/c1-16(2,3)23-15(21)19-9-7-18(8-10-19)6-5-17-14(20)13-4-11-22-12-13/h13H,4-12H2,1-3H3,(H,17,20). The van der Waals surface area contributed by atoms with Crippen molar-refractivity contribution in [2.45, 2.75) is 32.8 Å². The fourth-order valence-electron chi connectivity index (χ4n) is 2.70. The van der Waals surface area contributed by atoms with E-state index in [9.17, 15) is 9.59 Å². The monoisotopic (exact) mass is 327 g/mol. The molecule has 23 heavy (non-hydrogen) atoms. The summed E-state index contributed by atoms with van der Waals surface area (Å²) in [5.41, 5.74) is -0.456. The Hall–Kier alpha value is -1.34. The van der Waals surface area contributed by atoms with Gasteiger partial charge in [-0.05, 0) is 27.2 Å². The van der Waals surface area contributed by atoms with E-state index < -0.39 is 5.60 Å². The van der Waals surface area contributed by atoms with E-state index in [2.05, 4.69) is 10.2 Å². The number of nitrogens with one attached hydrogen (secondary N) is 1. The van der Waals surface area contributed by atoms with Crippen LogP contribution in [0, 0.1) is 5.92 Å². The zero-order chi connectivity index (χ0) is 16.9. The number of hydrogen-bond acceptors (Lipinski definition) is 5. The van der Waals surface area contributed by atoms with Crippen molar-refractivity contribution in [3.8, 4) is 0 Å². The lowest BCUT2D eigenvalue weighted by molar-refractivity contribution is -0.125. The molecule has 2 saturated heterocycles. The van der Waals surface area contributed by atoms with Crippen LogP contribution in [0.25, 0.3) is 0 Å². The molecule has 2 fully saturated rings. The van der Waals surface area contributed by atoms with Gasteiger partial charge in [0.05, 0.1) is 12.5 Å². The second kappa shape index (κ2) is 7.97. The summed E-state index contributed by atoms with van der Waals surface area (Å²) in [6, 6.07) is 0. The highest BCUT2D eigenvalue weighted by Gasteiger charge is 2.26. The van der Waals surface area contributed by atoms with E-state index in [-0.39, 0.29) is 17.9 Å². The van der Waals surface area contributed by atoms with Crippen LogP contribution in [0.3, 0.4) is 0 Å². The molecule has 0 spiro atoms. The Kier molecular flexibility index (Phi) is 6.24. The Morgan fingerprint density at radius 3 is 2.48 bits per heavy atom. The summed E-state index contributed by atoms with van der Waals surface area (Å²) in [7, 11) is 0. The van der Waals surface area contributed by atoms with Crippen LogP contribution in [0.1, 0.15) is 27.2 Å². The van der Waals surface area contributed by atoms with Gasteiger partial charge in [0.25, 0.3) is 0 Å². The number of amides is 2. The maximum atomic E-state index is 12.0. The van der Waals surface area contributed by atoms with Crippen LogP contribution in [0.4, 0.5) is 4.79 Å². The number of rotatable bonds is 4.